The number of hydrogen-bond acceptors (Lipinski definition) is 15. The minimum absolute atomic E-state index is 0.0440. The third-order valence-corrected chi connectivity index (χ3v) is 28.1. The zero-order valence-electron chi connectivity index (χ0n) is 37.4. The molecule has 0 aliphatic carbocycles. The van der Waals surface area contributed by atoms with Crippen molar-refractivity contribution < 1.29 is 67.0 Å². The Morgan fingerprint density at radius 2 is 0.705 bits per heavy atom. The lowest BCUT2D eigenvalue weighted by Crippen LogP contribution is -2.70. The number of carbonyl (C=O) groups excluding carboxylic acids is 5. The lowest BCUT2D eigenvalue weighted by atomic mass is 10.5. The van der Waals surface area contributed by atoms with Crippen LogP contribution in [-0.4, -0.2) is 146 Å². The molecule has 0 aromatic rings. The van der Waals surface area contributed by atoms with Crippen LogP contribution in [0.2, 0.25) is 30.7 Å². The summed E-state index contributed by atoms with van der Waals surface area (Å²) < 4.78 is 66.8. The van der Waals surface area contributed by atoms with Gasteiger partial charge in [0.25, 0.3) is 0 Å². The van der Waals surface area contributed by atoms with Crippen molar-refractivity contribution in [1.29, 1.82) is 0 Å². The molecule has 0 spiro atoms. The highest BCUT2D eigenvalue weighted by Gasteiger charge is 2.61. The summed E-state index contributed by atoms with van der Waals surface area (Å²) in [7, 11) is -19.9. The summed E-state index contributed by atoms with van der Waals surface area (Å²) in [6, 6.07) is -2.35. The molecule has 0 aromatic heterocycles. The molecule has 29 heteroatoms. The number of primary amides is 4. The van der Waals surface area contributed by atoms with E-state index in [0.29, 0.717) is 19.4 Å². The van der Waals surface area contributed by atoms with Crippen LogP contribution >= 0.6 is 0 Å². The van der Waals surface area contributed by atoms with Gasteiger partial charge in [-0.1, -0.05) is 0 Å². The van der Waals surface area contributed by atoms with E-state index in [-0.39, 0.29) is 108 Å². The van der Waals surface area contributed by atoms with Crippen molar-refractivity contribution in [1.82, 2.24) is 26.6 Å². The molecule has 24 nitrogen and oxygen atoms in total. The Morgan fingerprint density at radius 3 is 1.07 bits per heavy atom. The van der Waals surface area contributed by atoms with E-state index >= 15 is 0 Å². The molecule has 3 unspecified atom stereocenters. The average molecular weight is 966 g/mol. The van der Waals surface area contributed by atoms with Gasteiger partial charge in [-0.15, -0.1) is 0 Å². The Hall–Kier alpha value is -2.77. The van der Waals surface area contributed by atoms with E-state index in [1.807, 2.05) is 0 Å². The second-order valence-corrected chi connectivity index (χ2v) is 28.4. The number of rotatable bonds is 38. The Balaban J connectivity index is 7.90. The highest BCUT2D eigenvalue weighted by atomic mass is 28.5. The van der Waals surface area contributed by atoms with Gasteiger partial charge in [-0.05, 0) is 79.8 Å². The number of urea groups is 4. The third-order valence-electron chi connectivity index (χ3n) is 8.09. The fraction of sp³-hybridized carbons (Fsp3) is 0.844. The summed E-state index contributed by atoms with van der Waals surface area (Å²) in [6.07, 6.45) is 0.967. The molecule has 0 aromatic carbocycles. The molecular weight excluding hydrogens is 891 g/mol. The van der Waals surface area contributed by atoms with Crippen LogP contribution in [-0.2, 0) is 47.8 Å². The maximum atomic E-state index is 12.4. The van der Waals surface area contributed by atoms with Crippen LogP contribution in [0.5, 0.6) is 0 Å². The van der Waals surface area contributed by atoms with Crippen LogP contribution in [0.15, 0.2) is 0 Å². The second-order valence-electron chi connectivity index (χ2n) is 13.4. The minimum atomic E-state index is -4.30. The molecular formula is C32H75N9O15Si5. The standard InChI is InChI=1S/C32H75N9O15Si5/c1-9-47-58(48-10-2,25-17-21-39-30(34)44)55-60(51-13-5,26-18-22-40-31(35)45)53-57(8,23-15-20-38-29(33)43)54-61(52-14-6,27-41-32(36)46)56-59(49-11-3,50-12-4)24-16-19-37-28(7)42/h9-27H2,1-8H3,(H,37,42)(H3,33,38,43)(H3,34,39,44)(H3,35,40,45)(H3,36,41,46). The van der Waals surface area contributed by atoms with Crippen LogP contribution in [0.25, 0.3) is 0 Å². The Kier molecular flexibility index (Phi) is 29.7. The first-order valence-electron chi connectivity index (χ1n) is 20.8. The maximum Gasteiger partial charge on any atom is 0.505 e. The molecule has 0 fully saturated rings. The third kappa shape index (κ3) is 25.2. The minimum Gasteiger partial charge on any atom is -0.394 e. The molecule has 358 valence electrons. The summed E-state index contributed by atoms with van der Waals surface area (Å²) in [5.74, 6) is -0.213. The van der Waals surface area contributed by atoms with Crippen molar-refractivity contribution in [2.24, 2.45) is 22.9 Å². The van der Waals surface area contributed by atoms with Crippen molar-refractivity contribution in [2.75, 3.05) is 72.0 Å². The van der Waals surface area contributed by atoms with Crippen molar-refractivity contribution in [2.45, 2.75) is 105 Å². The molecule has 61 heavy (non-hydrogen) atoms. The Labute approximate surface area is 366 Å². The number of nitrogens with one attached hydrogen (secondary N) is 5. The van der Waals surface area contributed by atoms with Crippen LogP contribution in [0.1, 0.15) is 74.1 Å². The van der Waals surface area contributed by atoms with Gasteiger partial charge < -0.3 is 92.5 Å². The fourth-order valence-corrected chi connectivity index (χ4v) is 28.3. The summed E-state index contributed by atoms with van der Waals surface area (Å²) in [5, 5.41) is 13.1. The topological polar surface area (TPSA) is 342 Å². The monoisotopic (exact) mass is 965 g/mol. The number of hydrogen-bond donors (Lipinski definition) is 9. The van der Waals surface area contributed by atoms with E-state index in [1.165, 1.54) is 6.92 Å². The fourth-order valence-electron chi connectivity index (χ4n) is 6.04. The first-order valence-corrected chi connectivity index (χ1v) is 31.0. The molecule has 0 rings (SSSR count). The van der Waals surface area contributed by atoms with Gasteiger partial charge in [0.05, 0.1) is 6.17 Å². The Morgan fingerprint density at radius 1 is 0.410 bits per heavy atom. The number of nitrogens with two attached hydrogens (primary N) is 4. The molecule has 0 bridgehead atoms. The molecule has 0 aliphatic rings. The van der Waals surface area contributed by atoms with Crippen LogP contribution in [0, 0.1) is 0 Å². The second kappa shape index (κ2) is 31.1. The quantitative estimate of drug-likeness (QED) is 0.0308. The first-order chi connectivity index (χ1) is 28.8. The van der Waals surface area contributed by atoms with Crippen LogP contribution in [0.3, 0.4) is 0 Å². The molecule has 0 saturated heterocycles. The highest BCUT2D eigenvalue weighted by molar-refractivity contribution is 6.87. The predicted octanol–water partition coefficient (Wildman–Crippen LogP) is 1.01. The van der Waals surface area contributed by atoms with E-state index in [4.69, 9.17) is 66.0 Å². The Bertz CT molecular complexity index is 1300. The molecule has 0 radical (unpaired) electrons. The van der Waals surface area contributed by atoms with E-state index in [9.17, 15) is 24.0 Å². The van der Waals surface area contributed by atoms with Gasteiger partial charge in [-0.3, -0.25) is 4.79 Å². The normalized spacial score (nSPS) is 14.8. The van der Waals surface area contributed by atoms with Gasteiger partial charge in [0.15, 0.2) is 0 Å². The lowest BCUT2D eigenvalue weighted by molar-refractivity contribution is -0.119. The van der Waals surface area contributed by atoms with E-state index < -0.39 is 67.9 Å². The van der Waals surface area contributed by atoms with E-state index in [0.717, 1.165) is 0 Å². The van der Waals surface area contributed by atoms with Gasteiger partial charge in [0.2, 0.25) is 5.91 Å². The van der Waals surface area contributed by atoms with Gasteiger partial charge in [0.1, 0.15) is 0 Å². The van der Waals surface area contributed by atoms with Crippen molar-refractivity contribution in [3.05, 3.63) is 0 Å². The average Bonchev–Trinajstić information content (AvgIpc) is 3.15. The molecule has 0 aliphatic heterocycles. The highest BCUT2D eigenvalue weighted by Crippen LogP contribution is 2.35. The van der Waals surface area contributed by atoms with Gasteiger partial charge in [-0.2, -0.15) is 0 Å². The van der Waals surface area contributed by atoms with Crippen molar-refractivity contribution >= 4 is 73.8 Å². The van der Waals surface area contributed by atoms with Gasteiger partial charge in [0, 0.05) is 90.9 Å². The maximum absolute atomic E-state index is 12.4. The summed E-state index contributed by atoms with van der Waals surface area (Å²) >= 11 is 0. The molecule has 0 saturated carbocycles. The molecule has 3 atom stereocenters. The van der Waals surface area contributed by atoms with Crippen molar-refractivity contribution in [3.8, 4) is 0 Å². The van der Waals surface area contributed by atoms with E-state index in [2.05, 4.69) is 26.6 Å². The van der Waals surface area contributed by atoms with E-state index in [1.54, 1.807) is 48.1 Å². The van der Waals surface area contributed by atoms with Gasteiger partial charge >= 0.3 is 67.9 Å². The van der Waals surface area contributed by atoms with Gasteiger partial charge in [-0.25, -0.2) is 19.2 Å². The number of amides is 9. The molecule has 0 heterocycles. The predicted molar refractivity (Wildman–Crippen MR) is 235 cm³/mol. The zero-order chi connectivity index (χ0) is 46.4. The summed E-state index contributed by atoms with van der Waals surface area (Å²) in [5.41, 5.74) is 21.8. The molecule has 13 N–H and O–H groups in total. The SMILES string of the molecule is CCO[Si](CCCNC(N)=O)(OCC)O[Si](CCCNC(N)=O)(OCC)O[Si](C)(CCCNC(N)=O)O[Si](CNC(N)=O)(OCC)O[Si](CCCNC(C)=O)(OCC)OCC. The summed E-state index contributed by atoms with van der Waals surface area (Å²) in [4.78, 5) is 59.1. The largest absolute Gasteiger partial charge is 0.505 e. The zero-order valence-corrected chi connectivity index (χ0v) is 42.4. The summed E-state index contributed by atoms with van der Waals surface area (Å²) in [6.45, 7) is 15.4. The molecule has 9 amide bonds. The van der Waals surface area contributed by atoms with Crippen LogP contribution < -0.4 is 49.5 Å². The lowest BCUT2D eigenvalue weighted by Gasteiger charge is -2.46. The van der Waals surface area contributed by atoms with Crippen molar-refractivity contribution in [3.63, 3.8) is 0 Å². The smallest absolute Gasteiger partial charge is 0.394 e. The van der Waals surface area contributed by atoms with Crippen LogP contribution in [0.4, 0.5) is 19.2 Å². The number of carbonyl (C=O) groups is 5. The first kappa shape index (κ1) is 58.2.